The number of aliphatic hydroxyl groups excluding tert-OH is 1. The third-order valence-electron chi connectivity index (χ3n) is 3.50. The van der Waals surface area contributed by atoms with E-state index in [2.05, 4.69) is 54.8 Å². The number of nitrogens with one attached hydrogen (secondary N) is 1. The summed E-state index contributed by atoms with van der Waals surface area (Å²) >= 11 is 0. The van der Waals surface area contributed by atoms with Crippen LogP contribution in [0.4, 0.5) is 5.95 Å². The first-order valence-electron chi connectivity index (χ1n) is 7.84. The van der Waals surface area contributed by atoms with Crippen molar-refractivity contribution >= 4 is 5.95 Å². The van der Waals surface area contributed by atoms with Gasteiger partial charge in [-0.2, -0.15) is 0 Å². The van der Waals surface area contributed by atoms with Gasteiger partial charge in [-0.15, -0.1) is 0 Å². The molecule has 1 heterocycles. The summed E-state index contributed by atoms with van der Waals surface area (Å²) in [5, 5.41) is 12.7. The summed E-state index contributed by atoms with van der Waals surface area (Å²) in [5.41, 5.74) is 1.15. The molecule has 0 unspecified atom stereocenters. The van der Waals surface area contributed by atoms with Gasteiger partial charge >= 0.3 is 0 Å². The Labute approximate surface area is 128 Å². The van der Waals surface area contributed by atoms with Gasteiger partial charge in [0.1, 0.15) is 0 Å². The molecule has 21 heavy (non-hydrogen) atoms. The third kappa shape index (κ3) is 5.98. The van der Waals surface area contributed by atoms with E-state index in [1.807, 2.05) is 12.4 Å². The Morgan fingerprint density at radius 3 is 2.19 bits per heavy atom. The number of anilines is 1. The Hall–Kier alpha value is -1.20. The second kappa shape index (κ2) is 8.29. The highest BCUT2D eigenvalue weighted by atomic mass is 16.3. The minimum Gasteiger partial charge on any atom is -0.395 e. The molecule has 0 aliphatic carbocycles. The van der Waals surface area contributed by atoms with Gasteiger partial charge in [-0.1, -0.05) is 13.8 Å². The van der Waals surface area contributed by atoms with Crippen LogP contribution in [0.2, 0.25) is 0 Å². The van der Waals surface area contributed by atoms with Gasteiger partial charge < -0.3 is 15.3 Å². The van der Waals surface area contributed by atoms with Gasteiger partial charge in [-0.3, -0.25) is 0 Å². The first-order valence-corrected chi connectivity index (χ1v) is 7.84. The SMILES string of the molecule is CCC(CC)N(CCO)c1ncc(CNC(C)(C)C)cn1. The molecule has 0 saturated carbocycles. The molecule has 1 aromatic heterocycles. The normalized spacial score (nSPS) is 12.0. The lowest BCUT2D eigenvalue weighted by molar-refractivity contribution is 0.295. The van der Waals surface area contributed by atoms with Crippen molar-refractivity contribution < 1.29 is 5.11 Å². The largest absolute Gasteiger partial charge is 0.395 e. The lowest BCUT2D eigenvalue weighted by Crippen LogP contribution is -2.38. The van der Waals surface area contributed by atoms with Crippen molar-refractivity contribution in [2.24, 2.45) is 0 Å². The maximum atomic E-state index is 9.26. The lowest BCUT2D eigenvalue weighted by atomic mass is 10.1. The molecule has 1 aromatic rings. The Balaban J connectivity index is 2.77. The molecule has 0 aromatic carbocycles. The molecule has 1 rings (SSSR count). The average Bonchev–Trinajstić information content (AvgIpc) is 2.45. The molecule has 0 atom stereocenters. The van der Waals surface area contributed by atoms with Crippen molar-refractivity contribution in [2.75, 3.05) is 18.1 Å². The second-order valence-corrected chi connectivity index (χ2v) is 6.38. The lowest BCUT2D eigenvalue weighted by Gasteiger charge is -2.30. The molecule has 0 radical (unpaired) electrons. The molecule has 0 amide bonds. The van der Waals surface area contributed by atoms with Crippen LogP contribution in [0.15, 0.2) is 12.4 Å². The first kappa shape index (κ1) is 17.9. The molecular weight excluding hydrogens is 264 g/mol. The molecule has 0 bridgehead atoms. The minimum absolute atomic E-state index is 0.0805. The van der Waals surface area contributed by atoms with Crippen molar-refractivity contribution in [1.82, 2.24) is 15.3 Å². The number of hydrogen-bond donors (Lipinski definition) is 2. The third-order valence-corrected chi connectivity index (χ3v) is 3.50. The average molecular weight is 294 g/mol. The predicted molar refractivity (Wildman–Crippen MR) is 87.4 cm³/mol. The van der Waals surface area contributed by atoms with E-state index in [1.54, 1.807) is 0 Å². The Bertz CT molecular complexity index is 396. The van der Waals surface area contributed by atoms with E-state index in [4.69, 9.17) is 0 Å². The topological polar surface area (TPSA) is 61.3 Å². The highest BCUT2D eigenvalue weighted by molar-refractivity contribution is 5.31. The number of nitrogens with zero attached hydrogens (tertiary/aromatic N) is 3. The Morgan fingerprint density at radius 2 is 1.76 bits per heavy atom. The van der Waals surface area contributed by atoms with Crippen molar-refractivity contribution in [3.63, 3.8) is 0 Å². The summed E-state index contributed by atoms with van der Waals surface area (Å²) in [6, 6.07) is 0.371. The predicted octanol–water partition coefficient (Wildman–Crippen LogP) is 2.35. The maximum Gasteiger partial charge on any atom is 0.225 e. The van der Waals surface area contributed by atoms with Crippen LogP contribution in [-0.4, -0.2) is 39.8 Å². The summed E-state index contributed by atoms with van der Waals surface area (Å²) in [6.07, 6.45) is 5.78. The van der Waals surface area contributed by atoms with Crippen molar-refractivity contribution in [3.8, 4) is 0 Å². The summed E-state index contributed by atoms with van der Waals surface area (Å²) in [5.74, 6) is 0.706. The minimum atomic E-state index is 0.0805. The van der Waals surface area contributed by atoms with E-state index in [1.165, 1.54) is 0 Å². The monoisotopic (exact) mass is 294 g/mol. The summed E-state index contributed by atoms with van der Waals surface area (Å²) in [4.78, 5) is 11.1. The van der Waals surface area contributed by atoms with Gasteiger partial charge in [0.25, 0.3) is 0 Å². The van der Waals surface area contributed by atoms with Crippen LogP contribution < -0.4 is 10.2 Å². The van der Waals surface area contributed by atoms with Crippen LogP contribution in [0.5, 0.6) is 0 Å². The highest BCUT2D eigenvalue weighted by Gasteiger charge is 2.17. The Kier molecular flexibility index (Phi) is 7.05. The van der Waals surface area contributed by atoms with Crippen molar-refractivity contribution in [1.29, 1.82) is 0 Å². The van der Waals surface area contributed by atoms with Gasteiger partial charge in [0.2, 0.25) is 5.95 Å². The molecule has 2 N–H and O–H groups in total. The molecule has 0 aliphatic rings. The molecule has 0 spiro atoms. The molecule has 0 saturated heterocycles. The molecule has 120 valence electrons. The van der Waals surface area contributed by atoms with Crippen molar-refractivity contribution in [3.05, 3.63) is 18.0 Å². The van der Waals surface area contributed by atoms with Crippen molar-refractivity contribution in [2.45, 2.75) is 65.6 Å². The van der Waals surface area contributed by atoms with Crippen LogP contribution in [0.1, 0.15) is 53.0 Å². The smallest absolute Gasteiger partial charge is 0.225 e. The van der Waals surface area contributed by atoms with Crippen LogP contribution >= 0.6 is 0 Å². The van der Waals surface area contributed by atoms with E-state index in [0.717, 1.165) is 24.9 Å². The van der Waals surface area contributed by atoms with Crippen LogP contribution in [0.3, 0.4) is 0 Å². The molecule has 5 heteroatoms. The number of hydrogen-bond acceptors (Lipinski definition) is 5. The van der Waals surface area contributed by atoms with Crippen LogP contribution in [0.25, 0.3) is 0 Å². The zero-order valence-electron chi connectivity index (χ0n) is 14.1. The van der Waals surface area contributed by atoms with E-state index in [0.29, 0.717) is 18.5 Å². The fourth-order valence-corrected chi connectivity index (χ4v) is 2.24. The quantitative estimate of drug-likeness (QED) is 0.770. The van der Waals surface area contributed by atoms with Crippen LogP contribution in [0, 0.1) is 0 Å². The van der Waals surface area contributed by atoms with Gasteiger partial charge in [-0.25, -0.2) is 9.97 Å². The van der Waals surface area contributed by atoms with E-state index >= 15 is 0 Å². The number of aromatic nitrogens is 2. The first-order chi connectivity index (χ1) is 9.91. The standard InChI is InChI=1S/C16H30N4O/c1-6-14(7-2)20(8-9-21)15-17-10-13(11-18-15)12-19-16(3,4)5/h10-11,14,19,21H,6-9,12H2,1-5H3. The maximum absolute atomic E-state index is 9.26. The highest BCUT2D eigenvalue weighted by Crippen LogP contribution is 2.15. The zero-order chi connectivity index (χ0) is 15.9. The fraction of sp³-hybridized carbons (Fsp3) is 0.750. The van der Waals surface area contributed by atoms with Gasteiger partial charge in [0.05, 0.1) is 6.61 Å². The number of rotatable bonds is 8. The van der Waals surface area contributed by atoms with E-state index in [9.17, 15) is 5.11 Å². The van der Waals surface area contributed by atoms with E-state index in [-0.39, 0.29) is 12.1 Å². The summed E-state index contributed by atoms with van der Waals surface area (Å²) in [6.45, 7) is 12.2. The van der Waals surface area contributed by atoms with Gasteiger partial charge in [0.15, 0.2) is 0 Å². The molecule has 0 fully saturated rings. The fourth-order valence-electron chi connectivity index (χ4n) is 2.24. The number of aliphatic hydroxyl groups is 1. The van der Waals surface area contributed by atoms with Crippen LogP contribution in [-0.2, 0) is 6.54 Å². The second-order valence-electron chi connectivity index (χ2n) is 6.38. The summed E-state index contributed by atoms with van der Waals surface area (Å²) < 4.78 is 0. The zero-order valence-corrected chi connectivity index (χ0v) is 14.1. The molecule has 5 nitrogen and oxygen atoms in total. The molecular formula is C16H30N4O. The van der Waals surface area contributed by atoms with Gasteiger partial charge in [-0.05, 0) is 33.6 Å². The molecule has 0 aliphatic heterocycles. The van der Waals surface area contributed by atoms with E-state index < -0.39 is 0 Å². The summed E-state index contributed by atoms with van der Waals surface area (Å²) in [7, 11) is 0. The Morgan fingerprint density at radius 1 is 1.19 bits per heavy atom. The van der Waals surface area contributed by atoms with Gasteiger partial charge in [0, 0.05) is 42.6 Å².